The predicted octanol–water partition coefficient (Wildman–Crippen LogP) is 2.03. The Kier molecular flexibility index (Phi) is 4.37. The van der Waals surface area contributed by atoms with E-state index in [0.717, 1.165) is 10.8 Å². The molecule has 34 heavy (non-hydrogen) atoms. The van der Waals surface area contributed by atoms with E-state index in [0.29, 0.717) is 16.9 Å². The molecule has 0 bridgehead atoms. The smallest absolute Gasteiger partial charge is 0.250 e. The van der Waals surface area contributed by atoms with E-state index >= 15 is 0 Å². The largest absolute Gasteiger partial charge is 0.370 e. The number of carbonyl (C=O) groups excluding carboxylic acids is 4. The van der Waals surface area contributed by atoms with Crippen molar-refractivity contribution in [1.82, 2.24) is 5.32 Å². The first-order valence-electron chi connectivity index (χ1n) is 11.3. The maximum absolute atomic E-state index is 13.9. The number of anilines is 2. The highest BCUT2D eigenvalue weighted by Gasteiger charge is 2.70. The molecule has 0 radical (unpaired) electrons. The van der Waals surface area contributed by atoms with Crippen molar-refractivity contribution in [3.05, 3.63) is 72.3 Å². The third kappa shape index (κ3) is 2.69. The quantitative estimate of drug-likeness (QED) is 0.521. The van der Waals surface area contributed by atoms with Gasteiger partial charge in [-0.2, -0.15) is 0 Å². The summed E-state index contributed by atoms with van der Waals surface area (Å²) in [6.45, 7) is 0. The summed E-state index contributed by atoms with van der Waals surface area (Å²) in [5.74, 6) is -3.40. The Morgan fingerprint density at radius 2 is 1.68 bits per heavy atom. The number of para-hydroxylation sites is 1. The van der Waals surface area contributed by atoms with Crippen LogP contribution in [0.5, 0.6) is 0 Å². The van der Waals surface area contributed by atoms with Crippen LogP contribution in [0, 0.1) is 11.8 Å². The van der Waals surface area contributed by atoms with Gasteiger partial charge in [-0.3, -0.25) is 24.5 Å². The number of benzene rings is 3. The molecule has 1 spiro atoms. The van der Waals surface area contributed by atoms with Crippen LogP contribution in [0.4, 0.5) is 11.4 Å². The molecule has 3 aromatic rings. The van der Waals surface area contributed by atoms with E-state index in [2.05, 4.69) is 10.6 Å². The molecule has 4 amide bonds. The number of primary amides is 1. The van der Waals surface area contributed by atoms with Gasteiger partial charge in [0.25, 0.3) is 0 Å². The molecule has 3 aliphatic rings. The summed E-state index contributed by atoms with van der Waals surface area (Å²) in [5, 5.41) is 8.07. The topological polar surface area (TPSA) is 122 Å². The van der Waals surface area contributed by atoms with Crippen LogP contribution >= 0.6 is 0 Å². The van der Waals surface area contributed by atoms with E-state index in [1.54, 1.807) is 30.3 Å². The minimum atomic E-state index is -1.39. The molecule has 0 aromatic heterocycles. The van der Waals surface area contributed by atoms with Crippen LogP contribution in [-0.2, 0) is 24.7 Å². The Hall–Kier alpha value is -4.04. The number of nitrogens with two attached hydrogens (primary N) is 1. The van der Waals surface area contributed by atoms with Gasteiger partial charge >= 0.3 is 0 Å². The van der Waals surface area contributed by atoms with Crippen molar-refractivity contribution in [1.29, 1.82) is 0 Å². The maximum Gasteiger partial charge on any atom is 0.250 e. The Bertz CT molecular complexity index is 1400. The van der Waals surface area contributed by atoms with Crippen molar-refractivity contribution in [2.75, 3.05) is 10.2 Å². The van der Waals surface area contributed by atoms with Crippen molar-refractivity contribution < 1.29 is 19.2 Å². The van der Waals surface area contributed by atoms with E-state index in [9.17, 15) is 19.2 Å². The zero-order chi connectivity index (χ0) is 23.6. The number of imide groups is 1. The molecule has 8 heteroatoms. The zero-order valence-corrected chi connectivity index (χ0v) is 18.2. The molecule has 0 aliphatic carbocycles. The van der Waals surface area contributed by atoms with Gasteiger partial charge in [0.1, 0.15) is 5.54 Å². The molecule has 4 atom stereocenters. The van der Waals surface area contributed by atoms with Crippen molar-refractivity contribution in [2.45, 2.75) is 24.4 Å². The van der Waals surface area contributed by atoms with Gasteiger partial charge in [-0.25, -0.2) is 4.90 Å². The fourth-order valence-electron chi connectivity index (χ4n) is 5.87. The van der Waals surface area contributed by atoms with Gasteiger partial charge in [-0.05, 0) is 35.4 Å². The molecule has 170 valence electrons. The van der Waals surface area contributed by atoms with Crippen LogP contribution in [0.25, 0.3) is 10.8 Å². The SMILES string of the molecule is NC(=O)CC[C@H]1N[C@]2(C(=O)Nc3ccccc32)[C@H]2C(=O)N(c3ccc4ccccc4c3)C(=O)[C@@H]12. The van der Waals surface area contributed by atoms with E-state index < -0.39 is 35.2 Å². The molecule has 8 nitrogen and oxygen atoms in total. The van der Waals surface area contributed by atoms with Crippen molar-refractivity contribution in [3.8, 4) is 0 Å². The highest BCUT2D eigenvalue weighted by molar-refractivity contribution is 6.26. The Morgan fingerprint density at radius 3 is 2.47 bits per heavy atom. The van der Waals surface area contributed by atoms with Crippen LogP contribution in [0.1, 0.15) is 18.4 Å². The first-order valence-corrected chi connectivity index (χ1v) is 11.3. The van der Waals surface area contributed by atoms with Crippen molar-refractivity contribution in [2.24, 2.45) is 17.6 Å². The molecule has 0 saturated carbocycles. The lowest BCUT2D eigenvalue weighted by molar-refractivity contribution is -0.130. The summed E-state index contributed by atoms with van der Waals surface area (Å²) >= 11 is 0. The van der Waals surface area contributed by atoms with Gasteiger partial charge in [-0.15, -0.1) is 0 Å². The average molecular weight is 454 g/mol. The summed E-state index contributed by atoms with van der Waals surface area (Å²) in [7, 11) is 0. The highest BCUT2D eigenvalue weighted by Crippen LogP contribution is 2.54. The van der Waals surface area contributed by atoms with Gasteiger partial charge in [0.15, 0.2) is 0 Å². The number of rotatable bonds is 4. The lowest BCUT2D eigenvalue weighted by Crippen LogP contribution is -2.53. The molecular formula is C26H22N4O4. The van der Waals surface area contributed by atoms with Gasteiger partial charge in [0.2, 0.25) is 23.6 Å². The normalized spacial score (nSPS) is 27.4. The summed E-state index contributed by atoms with van der Waals surface area (Å²) < 4.78 is 0. The van der Waals surface area contributed by atoms with Crippen LogP contribution < -0.4 is 21.3 Å². The average Bonchev–Trinajstić information content (AvgIpc) is 3.42. The van der Waals surface area contributed by atoms with E-state index in [4.69, 9.17) is 5.73 Å². The third-order valence-corrected chi connectivity index (χ3v) is 7.32. The Labute approximate surface area is 195 Å². The summed E-state index contributed by atoms with van der Waals surface area (Å²) in [4.78, 5) is 53.8. The summed E-state index contributed by atoms with van der Waals surface area (Å²) in [6, 6.07) is 19.8. The molecule has 2 fully saturated rings. The predicted molar refractivity (Wildman–Crippen MR) is 126 cm³/mol. The number of amides is 4. The Balaban J connectivity index is 1.48. The van der Waals surface area contributed by atoms with E-state index in [1.807, 2.05) is 36.4 Å². The molecule has 0 unspecified atom stereocenters. The Morgan fingerprint density at radius 1 is 0.941 bits per heavy atom. The molecule has 2 saturated heterocycles. The fourth-order valence-corrected chi connectivity index (χ4v) is 5.87. The number of carbonyl (C=O) groups is 4. The fraction of sp³-hybridized carbons (Fsp3) is 0.231. The van der Waals surface area contributed by atoms with E-state index in [-0.39, 0.29) is 24.7 Å². The summed E-state index contributed by atoms with van der Waals surface area (Å²) in [5.41, 5.74) is 5.71. The third-order valence-electron chi connectivity index (χ3n) is 7.32. The van der Waals surface area contributed by atoms with Crippen LogP contribution in [0.15, 0.2) is 66.7 Å². The molecule has 3 aromatic carbocycles. The minimum absolute atomic E-state index is 0.0394. The number of hydrogen-bond acceptors (Lipinski definition) is 5. The zero-order valence-electron chi connectivity index (χ0n) is 18.2. The number of fused-ring (bicyclic) bond motifs is 5. The lowest BCUT2D eigenvalue weighted by atomic mass is 9.76. The van der Waals surface area contributed by atoms with Gasteiger partial charge in [0.05, 0.1) is 17.5 Å². The summed E-state index contributed by atoms with van der Waals surface area (Å²) in [6.07, 6.45) is 0.288. The van der Waals surface area contributed by atoms with Gasteiger partial charge in [-0.1, -0.05) is 48.5 Å². The maximum atomic E-state index is 13.9. The van der Waals surface area contributed by atoms with Crippen LogP contribution in [0.3, 0.4) is 0 Å². The first-order chi connectivity index (χ1) is 16.4. The van der Waals surface area contributed by atoms with Crippen LogP contribution in [-0.4, -0.2) is 29.7 Å². The highest BCUT2D eigenvalue weighted by atomic mass is 16.2. The van der Waals surface area contributed by atoms with Gasteiger partial charge in [0, 0.05) is 23.7 Å². The second-order valence-corrected chi connectivity index (χ2v) is 9.11. The molecule has 4 N–H and O–H groups in total. The lowest BCUT2D eigenvalue weighted by Gasteiger charge is -2.29. The van der Waals surface area contributed by atoms with Gasteiger partial charge < -0.3 is 11.1 Å². The molecular weight excluding hydrogens is 432 g/mol. The monoisotopic (exact) mass is 454 g/mol. The second kappa shape index (κ2) is 7.23. The second-order valence-electron chi connectivity index (χ2n) is 9.11. The number of nitrogens with zero attached hydrogens (tertiary/aromatic N) is 1. The molecule has 6 rings (SSSR count). The van der Waals surface area contributed by atoms with Crippen LogP contribution in [0.2, 0.25) is 0 Å². The molecule has 3 aliphatic heterocycles. The van der Waals surface area contributed by atoms with E-state index in [1.165, 1.54) is 4.90 Å². The standard InChI is InChI=1S/C26H22N4O4/c27-20(31)12-11-19-21-22(26(29-19)17-7-3-4-8-18(17)28-25(26)34)24(33)30(23(21)32)16-10-9-14-5-1-2-6-15(14)13-16/h1-10,13,19,21-22,29H,11-12H2,(H2,27,31)(H,28,34)/t19-,21+,22-,26+/m1/s1. The minimum Gasteiger partial charge on any atom is -0.370 e. The molecule has 3 heterocycles. The first kappa shape index (κ1) is 20.6. The number of hydrogen-bond donors (Lipinski definition) is 3. The van der Waals surface area contributed by atoms with Crippen molar-refractivity contribution in [3.63, 3.8) is 0 Å². The van der Waals surface area contributed by atoms with Crippen molar-refractivity contribution >= 4 is 45.8 Å². The number of nitrogens with one attached hydrogen (secondary N) is 2.